The average Bonchev–Trinajstić information content (AvgIpc) is 2.70. The van der Waals surface area contributed by atoms with Crippen LogP contribution in [0.15, 0.2) is 24.3 Å². The molecule has 0 spiro atoms. The number of aryl methyl sites for hydroxylation is 2. The van der Waals surface area contributed by atoms with E-state index in [0.717, 1.165) is 22.8 Å². The molecule has 2 aromatic rings. The minimum Gasteiger partial charge on any atom is -0.313 e. The summed E-state index contributed by atoms with van der Waals surface area (Å²) in [5, 5.41) is 8.50. The number of rotatable bonds is 5. The number of halogens is 1. The lowest BCUT2D eigenvalue weighted by molar-refractivity contribution is 0.590. The molecule has 0 bridgehead atoms. The van der Waals surface area contributed by atoms with Gasteiger partial charge in [0.15, 0.2) is 0 Å². The topological polar surface area (TPSA) is 29.9 Å². The van der Waals surface area contributed by atoms with Crippen molar-refractivity contribution in [1.82, 2.24) is 15.1 Å². The Morgan fingerprint density at radius 1 is 1.19 bits per heavy atom. The van der Waals surface area contributed by atoms with E-state index in [0.29, 0.717) is 5.92 Å². The maximum atomic E-state index is 6.34. The molecular weight excluding hydrogens is 282 g/mol. The summed E-state index contributed by atoms with van der Waals surface area (Å²) in [6.07, 6.45) is 0.843. The van der Waals surface area contributed by atoms with E-state index in [1.807, 2.05) is 21.0 Å². The second-order valence-corrected chi connectivity index (χ2v) is 6.20. The summed E-state index contributed by atoms with van der Waals surface area (Å²) in [6.45, 7) is 6.43. The maximum absolute atomic E-state index is 6.34. The Morgan fingerprint density at radius 2 is 1.76 bits per heavy atom. The molecule has 1 N–H and O–H groups in total. The highest BCUT2D eigenvalue weighted by molar-refractivity contribution is 6.30. The molecule has 0 aliphatic carbocycles. The molecule has 4 heteroatoms. The van der Waals surface area contributed by atoms with Gasteiger partial charge in [-0.3, -0.25) is 4.68 Å². The summed E-state index contributed by atoms with van der Waals surface area (Å²) in [4.78, 5) is 0. The van der Waals surface area contributed by atoms with E-state index in [1.165, 1.54) is 11.1 Å². The van der Waals surface area contributed by atoms with Crippen LogP contribution >= 0.6 is 11.6 Å². The predicted octanol–water partition coefficient (Wildman–Crippen LogP) is 4.01. The SMILES string of the molecule is CNC(Cc1c(C)nn(C)c1Cl)c1ccc(C(C)C)cc1. The summed E-state index contributed by atoms with van der Waals surface area (Å²) < 4.78 is 1.74. The van der Waals surface area contributed by atoms with Gasteiger partial charge in [-0.25, -0.2) is 0 Å². The number of hydrogen-bond acceptors (Lipinski definition) is 2. The van der Waals surface area contributed by atoms with Crippen molar-refractivity contribution in [3.05, 3.63) is 51.8 Å². The fraction of sp³-hybridized carbons (Fsp3) is 0.471. The van der Waals surface area contributed by atoms with Crippen molar-refractivity contribution >= 4 is 11.6 Å². The lowest BCUT2D eigenvalue weighted by atomic mass is 9.96. The fourth-order valence-corrected chi connectivity index (χ4v) is 2.86. The van der Waals surface area contributed by atoms with Crippen LogP contribution in [0.2, 0.25) is 5.15 Å². The Labute approximate surface area is 132 Å². The zero-order valence-electron chi connectivity index (χ0n) is 13.4. The van der Waals surface area contributed by atoms with Gasteiger partial charge in [-0.15, -0.1) is 0 Å². The minimum absolute atomic E-state index is 0.242. The Morgan fingerprint density at radius 3 is 2.19 bits per heavy atom. The molecule has 2 rings (SSSR count). The Balaban J connectivity index is 2.23. The molecule has 3 nitrogen and oxygen atoms in total. The van der Waals surface area contributed by atoms with Crippen LogP contribution in [0.1, 0.15) is 48.2 Å². The summed E-state index contributed by atoms with van der Waals surface area (Å²) >= 11 is 6.34. The molecule has 0 aliphatic heterocycles. The first-order chi connectivity index (χ1) is 9.93. The molecule has 0 saturated carbocycles. The van der Waals surface area contributed by atoms with Crippen LogP contribution < -0.4 is 5.32 Å². The Hall–Kier alpha value is -1.32. The van der Waals surface area contributed by atoms with Gasteiger partial charge in [0, 0.05) is 18.7 Å². The van der Waals surface area contributed by atoms with Crippen LogP contribution in [-0.4, -0.2) is 16.8 Å². The summed E-state index contributed by atoms with van der Waals surface area (Å²) in [5.41, 5.74) is 4.76. The summed E-state index contributed by atoms with van der Waals surface area (Å²) in [5.74, 6) is 0.557. The van der Waals surface area contributed by atoms with Crippen LogP contribution in [0, 0.1) is 6.92 Å². The third-order valence-electron chi connectivity index (χ3n) is 4.03. The molecule has 21 heavy (non-hydrogen) atoms. The van der Waals surface area contributed by atoms with Gasteiger partial charge >= 0.3 is 0 Å². The first-order valence-electron chi connectivity index (χ1n) is 7.39. The zero-order chi connectivity index (χ0) is 15.6. The predicted molar refractivity (Wildman–Crippen MR) is 89.0 cm³/mol. The van der Waals surface area contributed by atoms with Crippen molar-refractivity contribution in [3.63, 3.8) is 0 Å². The normalized spacial score (nSPS) is 12.9. The Kier molecular flexibility index (Phi) is 5.07. The molecule has 0 fully saturated rings. The van der Waals surface area contributed by atoms with E-state index >= 15 is 0 Å². The number of likely N-dealkylation sites (N-methyl/N-ethyl adjacent to an activating group) is 1. The molecule has 0 radical (unpaired) electrons. The lowest BCUT2D eigenvalue weighted by Gasteiger charge is -2.17. The van der Waals surface area contributed by atoms with Gasteiger partial charge in [-0.1, -0.05) is 49.7 Å². The van der Waals surface area contributed by atoms with E-state index < -0.39 is 0 Å². The molecule has 114 valence electrons. The molecule has 0 aliphatic rings. The molecular formula is C17H24ClN3. The molecule has 1 aromatic heterocycles. The van der Waals surface area contributed by atoms with Crippen molar-refractivity contribution in [2.75, 3.05) is 7.05 Å². The van der Waals surface area contributed by atoms with Crippen molar-refractivity contribution in [2.45, 2.75) is 39.2 Å². The second kappa shape index (κ2) is 6.63. The van der Waals surface area contributed by atoms with Crippen LogP contribution in [-0.2, 0) is 13.5 Å². The first-order valence-corrected chi connectivity index (χ1v) is 7.77. The monoisotopic (exact) mass is 305 g/mol. The van der Waals surface area contributed by atoms with Gasteiger partial charge < -0.3 is 5.32 Å². The Bertz CT molecular complexity index is 599. The van der Waals surface area contributed by atoms with Crippen LogP contribution in [0.4, 0.5) is 0 Å². The van der Waals surface area contributed by atoms with Crippen LogP contribution in [0.25, 0.3) is 0 Å². The largest absolute Gasteiger partial charge is 0.313 e. The van der Waals surface area contributed by atoms with Gasteiger partial charge in [-0.2, -0.15) is 5.10 Å². The number of hydrogen-bond donors (Lipinski definition) is 1. The molecule has 1 heterocycles. The third kappa shape index (κ3) is 3.47. The maximum Gasteiger partial charge on any atom is 0.130 e. The summed E-state index contributed by atoms with van der Waals surface area (Å²) in [7, 11) is 3.87. The number of nitrogens with one attached hydrogen (secondary N) is 1. The van der Waals surface area contributed by atoms with E-state index in [4.69, 9.17) is 11.6 Å². The number of nitrogens with zero attached hydrogens (tertiary/aromatic N) is 2. The van der Waals surface area contributed by atoms with E-state index in [2.05, 4.69) is 48.5 Å². The van der Waals surface area contributed by atoms with Crippen molar-refractivity contribution in [2.24, 2.45) is 7.05 Å². The van der Waals surface area contributed by atoms with Gasteiger partial charge in [0.1, 0.15) is 5.15 Å². The van der Waals surface area contributed by atoms with E-state index in [-0.39, 0.29) is 6.04 Å². The fourth-order valence-electron chi connectivity index (χ4n) is 2.61. The van der Waals surface area contributed by atoms with Crippen molar-refractivity contribution < 1.29 is 0 Å². The highest BCUT2D eigenvalue weighted by Gasteiger charge is 2.17. The van der Waals surface area contributed by atoms with E-state index in [9.17, 15) is 0 Å². The number of aromatic nitrogens is 2. The molecule has 1 unspecified atom stereocenters. The van der Waals surface area contributed by atoms with Gasteiger partial charge in [-0.05, 0) is 37.4 Å². The molecule has 1 aromatic carbocycles. The van der Waals surface area contributed by atoms with Crippen molar-refractivity contribution in [1.29, 1.82) is 0 Å². The minimum atomic E-state index is 0.242. The lowest BCUT2D eigenvalue weighted by Crippen LogP contribution is -2.19. The smallest absolute Gasteiger partial charge is 0.130 e. The number of benzene rings is 1. The average molecular weight is 306 g/mol. The first kappa shape index (κ1) is 16.1. The quantitative estimate of drug-likeness (QED) is 0.904. The molecule has 0 amide bonds. The molecule has 0 saturated heterocycles. The van der Waals surface area contributed by atoms with Gasteiger partial charge in [0.2, 0.25) is 0 Å². The molecule has 1 atom stereocenters. The third-order valence-corrected chi connectivity index (χ3v) is 4.50. The highest BCUT2D eigenvalue weighted by Crippen LogP contribution is 2.26. The van der Waals surface area contributed by atoms with Crippen molar-refractivity contribution in [3.8, 4) is 0 Å². The van der Waals surface area contributed by atoms with Crippen LogP contribution in [0.3, 0.4) is 0 Å². The second-order valence-electron chi connectivity index (χ2n) is 5.85. The van der Waals surface area contributed by atoms with Gasteiger partial charge in [0.25, 0.3) is 0 Å². The van der Waals surface area contributed by atoms with Crippen LogP contribution in [0.5, 0.6) is 0 Å². The highest BCUT2D eigenvalue weighted by atomic mass is 35.5. The standard InChI is InChI=1S/C17H24ClN3/c1-11(2)13-6-8-14(9-7-13)16(19-4)10-15-12(3)20-21(5)17(15)18/h6-9,11,16,19H,10H2,1-5H3. The zero-order valence-corrected chi connectivity index (χ0v) is 14.2. The van der Waals surface area contributed by atoms with E-state index in [1.54, 1.807) is 4.68 Å². The van der Waals surface area contributed by atoms with Gasteiger partial charge in [0.05, 0.1) is 5.69 Å². The summed E-state index contributed by atoms with van der Waals surface area (Å²) in [6, 6.07) is 9.07.